The van der Waals surface area contributed by atoms with Crippen LogP contribution in [0.4, 0.5) is 5.69 Å². The SMILES string of the molecule is CCN1CCC(CNc2ccnc3cc(Br)cnc23)C1. The van der Waals surface area contributed by atoms with Crippen molar-refractivity contribution < 1.29 is 0 Å². The van der Waals surface area contributed by atoms with Crippen LogP contribution in [-0.2, 0) is 0 Å². The number of hydrogen-bond acceptors (Lipinski definition) is 4. The zero-order chi connectivity index (χ0) is 13.9. The van der Waals surface area contributed by atoms with Gasteiger partial charge in [-0.1, -0.05) is 6.92 Å². The smallest absolute Gasteiger partial charge is 0.112 e. The number of pyridine rings is 2. The van der Waals surface area contributed by atoms with Crippen molar-refractivity contribution in [2.45, 2.75) is 13.3 Å². The van der Waals surface area contributed by atoms with Crippen molar-refractivity contribution in [2.75, 3.05) is 31.5 Å². The molecule has 0 bridgehead atoms. The Labute approximate surface area is 127 Å². The van der Waals surface area contributed by atoms with Gasteiger partial charge in [0.2, 0.25) is 0 Å². The van der Waals surface area contributed by atoms with Crippen LogP contribution in [0.3, 0.4) is 0 Å². The second-order valence-electron chi connectivity index (χ2n) is 5.31. The number of rotatable bonds is 4. The molecule has 0 spiro atoms. The first-order chi connectivity index (χ1) is 9.76. The Balaban J connectivity index is 1.72. The lowest BCUT2D eigenvalue weighted by Crippen LogP contribution is -2.22. The van der Waals surface area contributed by atoms with Crippen LogP contribution in [0, 0.1) is 5.92 Å². The fourth-order valence-electron chi connectivity index (χ4n) is 2.77. The van der Waals surface area contributed by atoms with Gasteiger partial charge in [0.15, 0.2) is 0 Å². The zero-order valence-corrected chi connectivity index (χ0v) is 13.2. The van der Waals surface area contributed by atoms with Gasteiger partial charge in [-0.15, -0.1) is 0 Å². The molecule has 1 saturated heterocycles. The summed E-state index contributed by atoms with van der Waals surface area (Å²) in [7, 11) is 0. The van der Waals surface area contributed by atoms with Gasteiger partial charge in [0.25, 0.3) is 0 Å². The van der Waals surface area contributed by atoms with E-state index in [9.17, 15) is 0 Å². The van der Waals surface area contributed by atoms with E-state index >= 15 is 0 Å². The summed E-state index contributed by atoms with van der Waals surface area (Å²) in [4.78, 5) is 11.3. The molecule has 0 aromatic carbocycles. The third-order valence-corrected chi connectivity index (χ3v) is 4.38. The number of likely N-dealkylation sites (tertiary alicyclic amines) is 1. The highest BCUT2D eigenvalue weighted by Gasteiger charge is 2.20. The van der Waals surface area contributed by atoms with Crippen LogP contribution < -0.4 is 5.32 Å². The Morgan fingerprint density at radius 3 is 3.15 bits per heavy atom. The zero-order valence-electron chi connectivity index (χ0n) is 11.6. The van der Waals surface area contributed by atoms with E-state index < -0.39 is 0 Å². The van der Waals surface area contributed by atoms with Gasteiger partial charge in [0.05, 0.1) is 11.2 Å². The average Bonchev–Trinajstić information content (AvgIpc) is 2.92. The van der Waals surface area contributed by atoms with E-state index in [0.717, 1.165) is 40.2 Å². The molecule has 2 aromatic heterocycles. The van der Waals surface area contributed by atoms with Crippen molar-refractivity contribution >= 4 is 32.7 Å². The number of hydrogen-bond donors (Lipinski definition) is 1. The molecule has 1 atom stereocenters. The molecule has 1 aliphatic heterocycles. The number of aromatic nitrogens is 2. The Hall–Kier alpha value is -1.20. The minimum absolute atomic E-state index is 0.730. The average molecular weight is 335 g/mol. The van der Waals surface area contributed by atoms with Crippen LogP contribution >= 0.6 is 15.9 Å². The van der Waals surface area contributed by atoms with Gasteiger partial charge in [-0.3, -0.25) is 9.97 Å². The minimum atomic E-state index is 0.730. The summed E-state index contributed by atoms with van der Waals surface area (Å²) in [5.74, 6) is 0.730. The molecule has 0 amide bonds. The highest BCUT2D eigenvalue weighted by Crippen LogP contribution is 2.23. The topological polar surface area (TPSA) is 41.0 Å². The van der Waals surface area contributed by atoms with E-state index in [2.05, 4.69) is 43.0 Å². The van der Waals surface area contributed by atoms with Gasteiger partial charge in [-0.05, 0) is 53.5 Å². The summed E-state index contributed by atoms with van der Waals surface area (Å²) >= 11 is 3.44. The standard InChI is InChI=1S/C15H19BrN4/c1-2-20-6-4-11(10-20)8-18-13-3-5-17-14-7-12(16)9-19-15(13)14/h3,5,7,9,11H,2,4,6,8,10H2,1H3,(H,17,18). The third-order valence-electron chi connectivity index (χ3n) is 3.94. The van der Waals surface area contributed by atoms with E-state index in [1.165, 1.54) is 19.5 Å². The molecule has 4 nitrogen and oxygen atoms in total. The summed E-state index contributed by atoms with van der Waals surface area (Å²) in [5.41, 5.74) is 2.95. The molecule has 5 heteroatoms. The summed E-state index contributed by atoms with van der Waals surface area (Å²) in [5, 5.41) is 3.55. The predicted molar refractivity (Wildman–Crippen MR) is 85.9 cm³/mol. The van der Waals surface area contributed by atoms with Crippen molar-refractivity contribution in [2.24, 2.45) is 5.92 Å². The monoisotopic (exact) mass is 334 g/mol. The van der Waals surface area contributed by atoms with Gasteiger partial charge in [-0.25, -0.2) is 0 Å². The molecule has 0 aliphatic carbocycles. The minimum Gasteiger partial charge on any atom is -0.383 e. The molecule has 3 rings (SSSR count). The van der Waals surface area contributed by atoms with Crippen LogP contribution in [0.5, 0.6) is 0 Å². The molecule has 1 aliphatic rings. The summed E-state index contributed by atoms with van der Waals surface area (Å²) in [6, 6.07) is 4.01. The molecule has 0 radical (unpaired) electrons. The van der Waals surface area contributed by atoms with E-state index in [4.69, 9.17) is 0 Å². The van der Waals surface area contributed by atoms with Crippen molar-refractivity contribution in [1.29, 1.82) is 0 Å². The molecular weight excluding hydrogens is 316 g/mol. The van der Waals surface area contributed by atoms with Crippen molar-refractivity contribution in [3.63, 3.8) is 0 Å². The van der Waals surface area contributed by atoms with Gasteiger partial charge in [-0.2, -0.15) is 0 Å². The Bertz CT molecular complexity index is 601. The highest BCUT2D eigenvalue weighted by molar-refractivity contribution is 9.10. The van der Waals surface area contributed by atoms with Gasteiger partial charge < -0.3 is 10.2 Å². The first-order valence-corrected chi connectivity index (χ1v) is 7.92. The van der Waals surface area contributed by atoms with Crippen LogP contribution in [0.2, 0.25) is 0 Å². The number of nitrogens with one attached hydrogen (secondary N) is 1. The normalized spacial score (nSPS) is 19.6. The number of nitrogens with zero attached hydrogens (tertiary/aromatic N) is 3. The van der Waals surface area contributed by atoms with Crippen LogP contribution in [0.1, 0.15) is 13.3 Å². The van der Waals surface area contributed by atoms with E-state index in [1.54, 1.807) is 0 Å². The molecule has 2 aromatic rings. The highest BCUT2D eigenvalue weighted by atomic mass is 79.9. The molecule has 20 heavy (non-hydrogen) atoms. The van der Waals surface area contributed by atoms with Crippen LogP contribution in [0.25, 0.3) is 11.0 Å². The quantitative estimate of drug-likeness (QED) is 0.932. The lowest BCUT2D eigenvalue weighted by molar-refractivity contribution is 0.345. The second kappa shape index (κ2) is 6.06. The van der Waals surface area contributed by atoms with Gasteiger partial charge >= 0.3 is 0 Å². The Morgan fingerprint density at radius 1 is 1.45 bits per heavy atom. The van der Waals surface area contributed by atoms with Crippen molar-refractivity contribution in [3.05, 3.63) is 29.0 Å². The molecule has 1 N–H and O–H groups in total. The number of fused-ring (bicyclic) bond motifs is 1. The lowest BCUT2D eigenvalue weighted by Gasteiger charge is -2.15. The maximum absolute atomic E-state index is 4.47. The fourth-order valence-corrected chi connectivity index (χ4v) is 3.09. The lowest BCUT2D eigenvalue weighted by atomic mass is 10.1. The summed E-state index contributed by atoms with van der Waals surface area (Å²) < 4.78 is 0.962. The van der Waals surface area contributed by atoms with Crippen molar-refractivity contribution in [3.8, 4) is 0 Å². The van der Waals surface area contributed by atoms with E-state index in [1.807, 2.05) is 24.5 Å². The maximum atomic E-state index is 4.47. The molecule has 1 fully saturated rings. The Morgan fingerprint density at radius 2 is 2.35 bits per heavy atom. The largest absolute Gasteiger partial charge is 0.383 e. The third kappa shape index (κ3) is 2.94. The van der Waals surface area contributed by atoms with Crippen LogP contribution in [0.15, 0.2) is 29.0 Å². The van der Waals surface area contributed by atoms with Gasteiger partial charge in [0, 0.05) is 30.0 Å². The molecule has 106 valence electrons. The summed E-state index contributed by atoms with van der Waals surface area (Å²) in [6.45, 7) is 6.82. The van der Waals surface area contributed by atoms with Gasteiger partial charge in [0.1, 0.15) is 5.52 Å². The first kappa shape index (κ1) is 13.8. The Kier molecular flexibility index (Phi) is 4.17. The van der Waals surface area contributed by atoms with Crippen LogP contribution in [-0.4, -0.2) is 41.0 Å². The number of anilines is 1. The van der Waals surface area contributed by atoms with Crippen molar-refractivity contribution in [1.82, 2.24) is 14.9 Å². The van der Waals surface area contributed by atoms with E-state index in [0.29, 0.717) is 0 Å². The molecule has 0 saturated carbocycles. The first-order valence-electron chi connectivity index (χ1n) is 7.12. The summed E-state index contributed by atoms with van der Waals surface area (Å²) in [6.07, 6.45) is 4.94. The molecule has 1 unspecified atom stereocenters. The van der Waals surface area contributed by atoms with E-state index in [-0.39, 0.29) is 0 Å². The predicted octanol–water partition coefficient (Wildman–Crippen LogP) is 3.15. The molecular formula is C15H19BrN4. The maximum Gasteiger partial charge on any atom is 0.112 e. The second-order valence-corrected chi connectivity index (χ2v) is 6.22. The number of halogens is 1. The molecule has 3 heterocycles. The fraction of sp³-hybridized carbons (Fsp3) is 0.467.